The smallest absolute Gasteiger partial charge is 0.250 e. The van der Waals surface area contributed by atoms with Crippen LogP contribution in [0, 0.1) is 0 Å². The third kappa shape index (κ3) is 4.12. The summed E-state index contributed by atoms with van der Waals surface area (Å²) in [6, 6.07) is 7.87. The molecule has 0 saturated heterocycles. The minimum atomic E-state index is -0.384. The van der Waals surface area contributed by atoms with Gasteiger partial charge in [0, 0.05) is 6.08 Å². The van der Waals surface area contributed by atoms with Crippen molar-refractivity contribution in [1.82, 2.24) is 10.1 Å². The number of nitrogens with zero attached hydrogens (tertiary/aromatic N) is 2. The fourth-order valence-corrected chi connectivity index (χ4v) is 2.38. The van der Waals surface area contributed by atoms with Crippen molar-refractivity contribution in [3.63, 3.8) is 0 Å². The van der Waals surface area contributed by atoms with E-state index in [1.54, 1.807) is 6.08 Å². The number of nitrogens with two attached hydrogens (primary N) is 1. The van der Waals surface area contributed by atoms with Crippen LogP contribution in [0.2, 0.25) is 0 Å². The van der Waals surface area contributed by atoms with Gasteiger partial charge in [-0.25, -0.2) is 0 Å². The Balaban J connectivity index is 0.00000192. The lowest BCUT2D eigenvalue weighted by Crippen LogP contribution is -2.44. The van der Waals surface area contributed by atoms with Crippen molar-refractivity contribution in [1.29, 1.82) is 0 Å². The Hall–Kier alpha value is -1.85. The second kappa shape index (κ2) is 7.15. The van der Waals surface area contributed by atoms with Crippen molar-refractivity contribution in [2.24, 2.45) is 5.73 Å². The third-order valence-corrected chi connectivity index (χ3v) is 3.80. The summed E-state index contributed by atoms with van der Waals surface area (Å²) in [5.74, 6) is 1.95. The minimum Gasteiger partial charge on any atom is -0.491 e. The van der Waals surface area contributed by atoms with E-state index in [2.05, 4.69) is 10.1 Å². The second-order valence-electron chi connectivity index (χ2n) is 6.03. The molecule has 0 aliphatic heterocycles. The zero-order chi connectivity index (χ0) is 15.6. The lowest BCUT2D eigenvalue weighted by atomic mass is 9.77. The Morgan fingerprint density at radius 3 is 2.48 bits per heavy atom. The van der Waals surface area contributed by atoms with Crippen LogP contribution in [0.1, 0.15) is 50.4 Å². The molecule has 1 aromatic heterocycles. The van der Waals surface area contributed by atoms with Gasteiger partial charge in [0.15, 0.2) is 5.82 Å². The first-order valence-electron chi connectivity index (χ1n) is 7.63. The van der Waals surface area contributed by atoms with Gasteiger partial charge in [-0.2, -0.15) is 4.98 Å². The maximum Gasteiger partial charge on any atom is 0.250 e. The van der Waals surface area contributed by atoms with E-state index in [1.165, 1.54) is 0 Å². The molecule has 23 heavy (non-hydrogen) atoms. The molecule has 1 saturated carbocycles. The van der Waals surface area contributed by atoms with Gasteiger partial charge < -0.3 is 15.0 Å². The van der Waals surface area contributed by atoms with E-state index in [-0.39, 0.29) is 24.0 Å². The first kappa shape index (κ1) is 17.5. The molecule has 1 heterocycles. The van der Waals surface area contributed by atoms with Gasteiger partial charge in [-0.1, -0.05) is 17.3 Å². The number of benzene rings is 1. The van der Waals surface area contributed by atoms with Crippen molar-refractivity contribution in [2.75, 3.05) is 0 Å². The van der Waals surface area contributed by atoms with Crippen LogP contribution >= 0.6 is 12.4 Å². The Bertz CT molecular complexity index is 661. The fraction of sp³-hybridized carbons (Fsp3) is 0.412. The van der Waals surface area contributed by atoms with Crippen LogP contribution in [0.25, 0.3) is 12.2 Å². The summed E-state index contributed by atoms with van der Waals surface area (Å²) in [7, 11) is 0. The number of ether oxygens (including phenoxy) is 1. The first-order valence-corrected chi connectivity index (χ1v) is 7.63. The van der Waals surface area contributed by atoms with E-state index < -0.39 is 0 Å². The van der Waals surface area contributed by atoms with Crippen molar-refractivity contribution in [2.45, 2.75) is 44.8 Å². The zero-order valence-electron chi connectivity index (χ0n) is 13.4. The molecule has 1 aromatic carbocycles. The molecule has 1 aliphatic rings. The van der Waals surface area contributed by atoms with Gasteiger partial charge in [-0.15, -0.1) is 12.4 Å². The van der Waals surface area contributed by atoms with Crippen molar-refractivity contribution in [3.05, 3.63) is 41.5 Å². The molecule has 0 unspecified atom stereocenters. The summed E-state index contributed by atoms with van der Waals surface area (Å²) >= 11 is 0. The maximum atomic E-state index is 6.18. The van der Waals surface area contributed by atoms with Gasteiger partial charge in [-0.05, 0) is 56.9 Å². The molecular weight excluding hydrogens is 314 g/mol. The Labute approximate surface area is 142 Å². The highest BCUT2D eigenvalue weighted by Gasteiger charge is 2.38. The fourth-order valence-electron chi connectivity index (χ4n) is 2.38. The molecule has 0 bridgehead atoms. The van der Waals surface area contributed by atoms with Crippen LogP contribution in [-0.2, 0) is 5.54 Å². The predicted octanol–water partition coefficient (Wildman–Crippen LogP) is 3.79. The molecule has 2 aromatic rings. The minimum absolute atomic E-state index is 0. The molecule has 1 fully saturated rings. The van der Waals surface area contributed by atoms with E-state index >= 15 is 0 Å². The Morgan fingerprint density at radius 2 is 1.91 bits per heavy atom. The Morgan fingerprint density at radius 1 is 1.22 bits per heavy atom. The van der Waals surface area contributed by atoms with Gasteiger partial charge in [0.2, 0.25) is 0 Å². The van der Waals surface area contributed by atoms with E-state index in [0.717, 1.165) is 30.6 Å². The molecule has 1 aliphatic carbocycles. The molecule has 6 heteroatoms. The number of rotatable bonds is 5. The van der Waals surface area contributed by atoms with E-state index in [0.29, 0.717) is 11.7 Å². The predicted molar refractivity (Wildman–Crippen MR) is 92.4 cm³/mol. The molecule has 124 valence electrons. The van der Waals surface area contributed by atoms with Gasteiger partial charge in [0.05, 0.1) is 11.6 Å². The van der Waals surface area contributed by atoms with E-state index in [9.17, 15) is 0 Å². The summed E-state index contributed by atoms with van der Waals surface area (Å²) in [4.78, 5) is 4.36. The molecule has 0 atom stereocenters. The molecule has 0 radical (unpaired) electrons. The van der Waals surface area contributed by atoms with Gasteiger partial charge >= 0.3 is 0 Å². The summed E-state index contributed by atoms with van der Waals surface area (Å²) in [6.07, 6.45) is 6.88. The normalized spacial score (nSPS) is 16.2. The van der Waals surface area contributed by atoms with Crippen LogP contribution in [0.4, 0.5) is 0 Å². The van der Waals surface area contributed by atoms with Crippen molar-refractivity contribution in [3.8, 4) is 5.75 Å². The average molecular weight is 336 g/mol. The number of hydrogen-bond acceptors (Lipinski definition) is 5. The van der Waals surface area contributed by atoms with E-state index in [4.69, 9.17) is 15.0 Å². The lowest BCUT2D eigenvalue weighted by molar-refractivity contribution is 0.229. The third-order valence-electron chi connectivity index (χ3n) is 3.80. The van der Waals surface area contributed by atoms with Crippen molar-refractivity contribution >= 4 is 24.6 Å². The summed E-state index contributed by atoms with van der Waals surface area (Å²) in [5.41, 5.74) is 6.84. The topological polar surface area (TPSA) is 74.2 Å². The number of halogens is 1. The summed E-state index contributed by atoms with van der Waals surface area (Å²) in [5, 5.41) is 3.99. The second-order valence-corrected chi connectivity index (χ2v) is 6.03. The standard InChI is InChI=1S/C17H21N3O2.ClH/c1-12(2)21-14-7-4-13(5-8-14)6-9-15-19-16(20-22-15)17(18)10-3-11-17;/h4-9,12H,3,10-11,18H2,1-2H3;1H/b9-6+;. The highest BCUT2D eigenvalue weighted by atomic mass is 35.5. The SMILES string of the molecule is CC(C)Oc1ccc(/C=C/c2nc(C3(N)CCC3)no2)cc1.Cl. The van der Waals surface area contributed by atoms with Crippen LogP contribution in [0.15, 0.2) is 28.8 Å². The largest absolute Gasteiger partial charge is 0.491 e. The van der Waals surface area contributed by atoms with Crippen LogP contribution in [-0.4, -0.2) is 16.2 Å². The molecule has 5 nitrogen and oxygen atoms in total. The van der Waals surface area contributed by atoms with Crippen LogP contribution in [0.3, 0.4) is 0 Å². The molecule has 0 spiro atoms. The highest BCUT2D eigenvalue weighted by molar-refractivity contribution is 5.85. The number of hydrogen-bond donors (Lipinski definition) is 1. The van der Waals surface area contributed by atoms with Crippen molar-refractivity contribution < 1.29 is 9.26 Å². The zero-order valence-corrected chi connectivity index (χ0v) is 14.2. The molecular formula is C17H22ClN3O2. The summed E-state index contributed by atoms with van der Waals surface area (Å²) in [6.45, 7) is 4.01. The molecule has 2 N–H and O–H groups in total. The van der Waals surface area contributed by atoms with Crippen LogP contribution < -0.4 is 10.5 Å². The Kier molecular flexibility index (Phi) is 5.44. The molecule has 0 amide bonds. The quantitative estimate of drug-likeness (QED) is 0.899. The monoisotopic (exact) mass is 335 g/mol. The van der Waals surface area contributed by atoms with E-state index in [1.807, 2.05) is 44.2 Å². The van der Waals surface area contributed by atoms with Gasteiger partial charge in [0.25, 0.3) is 5.89 Å². The van der Waals surface area contributed by atoms with Crippen LogP contribution in [0.5, 0.6) is 5.75 Å². The average Bonchev–Trinajstić information content (AvgIpc) is 2.93. The molecule has 3 rings (SSSR count). The first-order chi connectivity index (χ1) is 10.5. The maximum absolute atomic E-state index is 6.18. The lowest BCUT2D eigenvalue weighted by Gasteiger charge is -2.34. The highest BCUT2D eigenvalue weighted by Crippen LogP contribution is 2.36. The summed E-state index contributed by atoms with van der Waals surface area (Å²) < 4.78 is 10.8. The number of aromatic nitrogens is 2. The van der Waals surface area contributed by atoms with Gasteiger partial charge in [0.1, 0.15) is 5.75 Å². The van der Waals surface area contributed by atoms with Gasteiger partial charge in [-0.3, -0.25) is 0 Å².